The third kappa shape index (κ3) is 2.53. The highest BCUT2D eigenvalue weighted by Crippen LogP contribution is 2.35. The van der Waals surface area contributed by atoms with E-state index in [0.717, 1.165) is 38.5 Å². The van der Waals surface area contributed by atoms with Crippen LogP contribution in [0.1, 0.15) is 33.1 Å². The molecule has 1 saturated heterocycles. The van der Waals surface area contributed by atoms with Gasteiger partial charge in [-0.2, -0.15) is 4.98 Å². The lowest BCUT2D eigenvalue weighted by Gasteiger charge is -2.39. The lowest BCUT2D eigenvalue weighted by molar-refractivity contribution is 0.237. The molecule has 0 unspecified atom stereocenters. The number of nitrogens with two attached hydrogens (primary N) is 1. The predicted octanol–water partition coefficient (Wildman–Crippen LogP) is 1.92. The molecule has 0 amide bonds. The minimum Gasteiger partial charge on any atom is -0.354 e. The SMILES string of the molecule is CCC1(C)CCN(c2nc(NN)ncc2F)CC1. The molecule has 2 rings (SSSR count). The second-order valence-corrected chi connectivity index (χ2v) is 5.16. The van der Waals surface area contributed by atoms with E-state index >= 15 is 0 Å². The molecule has 0 atom stereocenters. The summed E-state index contributed by atoms with van der Waals surface area (Å²) in [5, 5.41) is 0. The molecule has 0 aliphatic carbocycles. The van der Waals surface area contributed by atoms with E-state index in [1.807, 2.05) is 4.90 Å². The van der Waals surface area contributed by atoms with Crippen molar-refractivity contribution in [3.05, 3.63) is 12.0 Å². The summed E-state index contributed by atoms with van der Waals surface area (Å²) < 4.78 is 13.7. The van der Waals surface area contributed by atoms with Crippen molar-refractivity contribution >= 4 is 11.8 Å². The predicted molar refractivity (Wildman–Crippen MR) is 69.6 cm³/mol. The Morgan fingerprint density at radius 2 is 2.17 bits per heavy atom. The van der Waals surface area contributed by atoms with Crippen LogP contribution in [0.25, 0.3) is 0 Å². The lowest BCUT2D eigenvalue weighted by Crippen LogP contribution is -2.39. The van der Waals surface area contributed by atoms with Crippen molar-refractivity contribution in [2.24, 2.45) is 11.3 Å². The van der Waals surface area contributed by atoms with Crippen LogP contribution in [-0.4, -0.2) is 23.1 Å². The van der Waals surface area contributed by atoms with Gasteiger partial charge in [-0.1, -0.05) is 20.3 Å². The van der Waals surface area contributed by atoms with Gasteiger partial charge in [0.15, 0.2) is 11.6 Å². The molecule has 0 radical (unpaired) electrons. The number of anilines is 2. The van der Waals surface area contributed by atoms with Crippen LogP contribution in [-0.2, 0) is 0 Å². The summed E-state index contributed by atoms with van der Waals surface area (Å²) in [6, 6.07) is 0. The molecule has 18 heavy (non-hydrogen) atoms. The van der Waals surface area contributed by atoms with Gasteiger partial charge in [0.05, 0.1) is 6.20 Å². The molecule has 1 aromatic rings. The molecule has 6 heteroatoms. The number of hydrazine groups is 1. The minimum atomic E-state index is -0.394. The Hall–Kier alpha value is -1.43. The zero-order valence-corrected chi connectivity index (χ0v) is 10.9. The Labute approximate surface area is 107 Å². The standard InChI is InChI=1S/C12H20FN5/c1-3-12(2)4-6-18(7-5-12)10-9(13)8-15-11(16-10)17-14/h8H,3-7,14H2,1-2H3,(H,15,16,17). The Morgan fingerprint density at radius 3 is 2.72 bits per heavy atom. The van der Waals surface area contributed by atoms with E-state index in [2.05, 4.69) is 29.2 Å². The van der Waals surface area contributed by atoms with Crippen LogP contribution in [0, 0.1) is 11.2 Å². The van der Waals surface area contributed by atoms with Crippen molar-refractivity contribution in [3.63, 3.8) is 0 Å². The largest absolute Gasteiger partial charge is 0.354 e. The lowest BCUT2D eigenvalue weighted by atomic mass is 9.78. The Morgan fingerprint density at radius 1 is 1.50 bits per heavy atom. The Kier molecular flexibility index (Phi) is 3.65. The number of aromatic nitrogens is 2. The molecule has 2 heterocycles. The van der Waals surface area contributed by atoms with Crippen molar-refractivity contribution in [1.82, 2.24) is 9.97 Å². The second-order valence-electron chi connectivity index (χ2n) is 5.16. The molecule has 1 aliphatic rings. The summed E-state index contributed by atoms with van der Waals surface area (Å²) in [5.41, 5.74) is 2.72. The third-order valence-corrected chi connectivity index (χ3v) is 3.98. The number of hydrogen-bond acceptors (Lipinski definition) is 5. The van der Waals surface area contributed by atoms with Crippen molar-refractivity contribution in [3.8, 4) is 0 Å². The van der Waals surface area contributed by atoms with Gasteiger partial charge in [-0.05, 0) is 18.3 Å². The first-order chi connectivity index (χ1) is 8.58. The van der Waals surface area contributed by atoms with Gasteiger partial charge in [0.25, 0.3) is 0 Å². The quantitative estimate of drug-likeness (QED) is 0.636. The van der Waals surface area contributed by atoms with Gasteiger partial charge in [-0.3, -0.25) is 5.43 Å². The molecule has 0 saturated carbocycles. The highest BCUT2D eigenvalue weighted by molar-refractivity contribution is 5.44. The van der Waals surface area contributed by atoms with Crippen LogP contribution < -0.4 is 16.2 Å². The molecule has 1 aromatic heterocycles. The Bertz CT molecular complexity index is 415. The van der Waals surface area contributed by atoms with Gasteiger partial charge in [-0.25, -0.2) is 15.2 Å². The smallest absolute Gasteiger partial charge is 0.239 e. The van der Waals surface area contributed by atoms with Crippen LogP contribution in [0.4, 0.5) is 16.2 Å². The number of nitrogens with one attached hydrogen (secondary N) is 1. The number of halogens is 1. The van der Waals surface area contributed by atoms with Crippen molar-refractivity contribution in [2.45, 2.75) is 33.1 Å². The van der Waals surface area contributed by atoms with E-state index in [0.29, 0.717) is 11.2 Å². The third-order valence-electron chi connectivity index (χ3n) is 3.98. The van der Waals surface area contributed by atoms with E-state index in [1.165, 1.54) is 0 Å². The second kappa shape index (κ2) is 5.06. The van der Waals surface area contributed by atoms with Gasteiger partial charge in [0, 0.05) is 13.1 Å². The van der Waals surface area contributed by atoms with Crippen LogP contribution in [0.3, 0.4) is 0 Å². The van der Waals surface area contributed by atoms with E-state index in [-0.39, 0.29) is 5.95 Å². The first-order valence-corrected chi connectivity index (χ1v) is 6.32. The van der Waals surface area contributed by atoms with Gasteiger partial charge in [0.1, 0.15) is 0 Å². The first kappa shape index (κ1) is 13.0. The molecule has 1 aliphatic heterocycles. The average molecular weight is 253 g/mol. The van der Waals surface area contributed by atoms with Crippen LogP contribution >= 0.6 is 0 Å². The highest BCUT2D eigenvalue weighted by atomic mass is 19.1. The van der Waals surface area contributed by atoms with Crippen LogP contribution in [0.2, 0.25) is 0 Å². The van der Waals surface area contributed by atoms with E-state index in [4.69, 9.17) is 5.84 Å². The highest BCUT2D eigenvalue weighted by Gasteiger charge is 2.29. The summed E-state index contributed by atoms with van der Waals surface area (Å²) in [6.45, 7) is 6.13. The van der Waals surface area contributed by atoms with Gasteiger partial charge >= 0.3 is 0 Å². The number of nitrogens with zero attached hydrogens (tertiary/aromatic N) is 3. The molecule has 1 fully saturated rings. The molecule has 0 aromatic carbocycles. The molecule has 5 nitrogen and oxygen atoms in total. The summed E-state index contributed by atoms with van der Waals surface area (Å²) in [7, 11) is 0. The number of piperidine rings is 1. The molecular weight excluding hydrogens is 233 g/mol. The summed E-state index contributed by atoms with van der Waals surface area (Å²) in [4.78, 5) is 9.81. The molecule has 100 valence electrons. The van der Waals surface area contributed by atoms with E-state index in [1.54, 1.807) is 0 Å². The molecular formula is C12H20FN5. The number of nitrogen functional groups attached to an aromatic ring is 1. The topological polar surface area (TPSA) is 67.1 Å². The van der Waals surface area contributed by atoms with Crippen LogP contribution in [0.5, 0.6) is 0 Å². The number of hydrogen-bond donors (Lipinski definition) is 2. The maximum Gasteiger partial charge on any atom is 0.239 e. The molecule has 3 N–H and O–H groups in total. The fourth-order valence-corrected chi connectivity index (χ4v) is 2.26. The van der Waals surface area contributed by atoms with Gasteiger partial charge in [-0.15, -0.1) is 0 Å². The zero-order valence-electron chi connectivity index (χ0n) is 10.9. The summed E-state index contributed by atoms with van der Waals surface area (Å²) >= 11 is 0. The summed E-state index contributed by atoms with van der Waals surface area (Å²) in [6.07, 6.45) is 4.42. The van der Waals surface area contributed by atoms with Gasteiger partial charge in [0.2, 0.25) is 5.95 Å². The minimum absolute atomic E-state index is 0.246. The maximum absolute atomic E-state index is 13.7. The summed E-state index contributed by atoms with van der Waals surface area (Å²) in [5.74, 6) is 5.44. The normalized spacial score (nSPS) is 18.8. The average Bonchev–Trinajstić information content (AvgIpc) is 2.41. The van der Waals surface area contributed by atoms with Crippen molar-refractivity contribution in [1.29, 1.82) is 0 Å². The fourth-order valence-electron chi connectivity index (χ4n) is 2.26. The molecule has 0 spiro atoms. The first-order valence-electron chi connectivity index (χ1n) is 6.32. The van der Waals surface area contributed by atoms with Crippen molar-refractivity contribution < 1.29 is 4.39 Å². The molecule has 0 bridgehead atoms. The van der Waals surface area contributed by atoms with Crippen LogP contribution in [0.15, 0.2) is 6.20 Å². The fraction of sp³-hybridized carbons (Fsp3) is 0.667. The van der Waals surface area contributed by atoms with Gasteiger partial charge < -0.3 is 4.90 Å². The monoisotopic (exact) mass is 253 g/mol. The van der Waals surface area contributed by atoms with E-state index in [9.17, 15) is 4.39 Å². The van der Waals surface area contributed by atoms with Crippen molar-refractivity contribution in [2.75, 3.05) is 23.4 Å². The number of rotatable bonds is 3. The Balaban J connectivity index is 2.14. The van der Waals surface area contributed by atoms with E-state index < -0.39 is 5.82 Å². The zero-order chi connectivity index (χ0) is 13.2. The maximum atomic E-state index is 13.7.